The highest BCUT2D eigenvalue weighted by atomic mass is 16.2. The lowest BCUT2D eigenvalue weighted by Crippen LogP contribution is -2.32. The second kappa shape index (κ2) is 8.73. The quantitative estimate of drug-likeness (QED) is 0.463. The van der Waals surface area contributed by atoms with Gasteiger partial charge < -0.3 is 10.6 Å². The zero-order valence-electron chi connectivity index (χ0n) is 18.5. The topological polar surface area (TPSA) is 120 Å². The first kappa shape index (κ1) is 22.0. The number of nitrogens with zero attached hydrogens (tertiary/aromatic N) is 4. The van der Waals surface area contributed by atoms with Crippen LogP contribution in [0.4, 0.5) is 5.69 Å². The van der Waals surface area contributed by atoms with E-state index in [4.69, 9.17) is 0 Å². The Bertz CT molecular complexity index is 1480. The second-order valence-corrected chi connectivity index (χ2v) is 7.87. The number of hydrogen-bond donors (Lipinski definition) is 2. The largest absolute Gasteiger partial charge is 0.352 e. The van der Waals surface area contributed by atoms with Crippen molar-refractivity contribution in [2.24, 2.45) is 7.05 Å². The number of anilines is 1. The molecule has 0 saturated heterocycles. The van der Waals surface area contributed by atoms with Crippen LogP contribution >= 0.6 is 0 Å². The molecule has 2 aromatic carbocycles. The van der Waals surface area contributed by atoms with E-state index in [-0.39, 0.29) is 40.7 Å². The van der Waals surface area contributed by atoms with Crippen molar-refractivity contribution in [1.82, 2.24) is 24.1 Å². The SMILES string of the molecule is CC[C@H](C)NC(=O)c1ccc2c(=O)n(C)c3nn(CC(=O)Nc4ccccc4)c(=O)n3c2c1. The monoisotopic (exact) mass is 448 g/mol. The summed E-state index contributed by atoms with van der Waals surface area (Å²) in [5, 5.41) is 10.0. The normalized spacial score (nSPS) is 12.1. The summed E-state index contributed by atoms with van der Waals surface area (Å²) in [7, 11) is 1.50. The minimum absolute atomic E-state index is 0.0227. The Morgan fingerprint density at radius 1 is 1.09 bits per heavy atom. The Labute approximate surface area is 188 Å². The molecule has 2 amide bonds. The molecule has 0 aliphatic heterocycles. The van der Waals surface area contributed by atoms with Crippen molar-refractivity contribution < 1.29 is 9.59 Å². The molecular weight excluding hydrogens is 424 g/mol. The van der Waals surface area contributed by atoms with Crippen LogP contribution in [0.1, 0.15) is 30.6 Å². The van der Waals surface area contributed by atoms with E-state index in [2.05, 4.69) is 15.7 Å². The third-order valence-corrected chi connectivity index (χ3v) is 5.50. The molecule has 0 bridgehead atoms. The molecule has 10 heteroatoms. The fourth-order valence-corrected chi connectivity index (χ4v) is 3.50. The van der Waals surface area contributed by atoms with Crippen LogP contribution in [-0.2, 0) is 18.4 Å². The molecule has 0 radical (unpaired) electrons. The van der Waals surface area contributed by atoms with Gasteiger partial charge in [-0.2, -0.15) is 0 Å². The van der Waals surface area contributed by atoms with E-state index < -0.39 is 11.6 Å². The average molecular weight is 448 g/mol. The van der Waals surface area contributed by atoms with E-state index in [9.17, 15) is 19.2 Å². The van der Waals surface area contributed by atoms with Crippen molar-refractivity contribution in [2.45, 2.75) is 32.9 Å². The van der Waals surface area contributed by atoms with Gasteiger partial charge in [0.1, 0.15) is 6.54 Å². The predicted molar refractivity (Wildman–Crippen MR) is 124 cm³/mol. The summed E-state index contributed by atoms with van der Waals surface area (Å²) < 4.78 is 3.49. The van der Waals surface area contributed by atoms with E-state index in [1.807, 2.05) is 19.9 Å². The standard InChI is InChI=1S/C23H24N6O4/c1-4-14(2)24-20(31)15-10-11-17-18(12-15)29-22(27(3)21(17)32)26-28(23(29)33)13-19(30)25-16-8-6-5-7-9-16/h5-12,14H,4,13H2,1-3H3,(H,24,31)(H,25,30)/t14-/m0/s1. The molecular formula is C23H24N6O4. The lowest BCUT2D eigenvalue weighted by atomic mass is 10.1. The van der Waals surface area contributed by atoms with Gasteiger partial charge in [0.2, 0.25) is 11.7 Å². The van der Waals surface area contributed by atoms with Crippen molar-refractivity contribution in [2.75, 3.05) is 5.32 Å². The molecule has 0 aliphatic carbocycles. The maximum Gasteiger partial charge on any atom is 0.352 e. The molecule has 2 aromatic heterocycles. The van der Waals surface area contributed by atoms with Crippen LogP contribution in [0.2, 0.25) is 0 Å². The number of benzene rings is 2. The zero-order valence-corrected chi connectivity index (χ0v) is 18.5. The molecule has 2 N–H and O–H groups in total. The highest BCUT2D eigenvalue weighted by molar-refractivity contribution is 5.98. The first-order chi connectivity index (χ1) is 15.8. The second-order valence-electron chi connectivity index (χ2n) is 7.87. The van der Waals surface area contributed by atoms with Crippen LogP contribution in [0.25, 0.3) is 16.7 Å². The van der Waals surface area contributed by atoms with E-state index in [0.717, 1.165) is 11.1 Å². The molecule has 0 aliphatic rings. The van der Waals surface area contributed by atoms with Crippen LogP contribution in [-0.4, -0.2) is 36.6 Å². The summed E-state index contributed by atoms with van der Waals surface area (Å²) in [6.45, 7) is 3.52. The van der Waals surface area contributed by atoms with Crippen molar-refractivity contribution in [1.29, 1.82) is 0 Å². The molecule has 4 rings (SSSR count). The Balaban J connectivity index is 1.79. The summed E-state index contributed by atoms with van der Waals surface area (Å²) in [6, 6.07) is 13.4. The number of carbonyl (C=O) groups is 2. The van der Waals surface area contributed by atoms with Gasteiger partial charge in [0.05, 0.1) is 10.9 Å². The van der Waals surface area contributed by atoms with Gasteiger partial charge in [0.25, 0.3) is 11.5 Å². The third kappa shape index (κ3) is 4.14. The number of hydrogen-bond acceptors (Lipinski definition) is 5. The third-order valence-electron chi connectivity index (χ3n) is 5.50. The molecule has 1 atom stereocenters. The van der Waals surface area contributed by atoms with Gasteiger partial charge in [-0.3, -0.25) is 19.0 Å². The number of amides is 2. The number of rotatable bonds is 6. The molecule has 2 heterocycles. The molecule has 10 nitrogen and oxygen atoms in total. The molecule has 0 fully saturated rings. The summed E-state index contributed by atoms with van der Waals surface area (Å²) in [6.07, 6.45) is 0.765. The van der Waals surface area contributed by atoms with Gasteiger partial charge >= 0.3 is 5.69 Å². The Kier molecular flexibility index (Phi) is 5.82. The van der Waals surface area contributed by atoms with Crippen molar-refractivity contribution in [3.63, 3.8) is 0 Å². The molecule has 33 heavy (non-hydrogen) atoms. The van der Waals surface area contributed by atoms with E-state index in [0.29, 0.717) is 11.3 Å². The van der Waals surface area contributed by atoms with E-state index in [1.165, 1.54) is 28.1 Å². The molecule has 4 aromatic rings. The van der Waals surface area contributed by atoms with Gasteiger partial charge in [0, 0.05) is 24.3 Å². The molecule has 0 spiro atoms. The zero-order chi connectivity index (χ0) is 23.7. The highest BCUT2D eigenvalue weighted by Gasteiger charge is 2.19. The lowest BCUT2D eigenvalue weighted by Gasteiger charge is -2.12. The number of nitrogens with one attached hydrogen (secondary N) is 2. The maximum atomic E-state index is 13.2. The van der Waals surface area contributed by atoms with E-state index in [1.54, 1.807) is 30.3 Å². The van der Waals surface area contributed by atoms with Gasteiger partial charge in [-0.1, -0.05) is 25.1 Å². The number of aryl methyl sites for hydroxylation is 1. The minimum Gasteiger partial charge on any atom is -0.350 e. The average Bonchev–Trinajstić information content (AvgIpc) is 3.13. The summed E-state index contributed by atoms with van der Waals surface area (Å²) in [5.41, 5.74) is 0.211. The van der Waals surface area contributed by atoms with Crippen LogP contribution in [0.3, 0.4) is 0 Å². The molecule has 0 unspecified atom stereocenters. The number of para-hydroxylation sites is 1. The Morgan fingerprint density at radius 2 is 1.82 bits per heavy atom. The minimum atomic E-state index is -0.590. The Morgan fingerprint density at radius 3 is 2.52 bits per heavy atom. The van der Waals surface area contributed by atoms with Gasteiger partial charge in [-0.05, 0) is 43.7 Å². The number of fused-ring (bicyclic) bond motifs is 3. The summed E-state index contributed by atoms with van der Waals surface area (Å²) in [5.74, 6) is -0.665. The fraction of sp³-hybridized carbons (Fsp3) is 0.261. The van der Waals surface area contributed by atoms with Crippen LogP contribution in [0.15, 0.2) is 58.1 Å². The maximum absolute atomic E-state index is 13.2. The van der Waals surface area contributed by atoms with Gasteiger partial charge in [0.15, 0.2) is 0 Å². The Hall–Kier alpha value is -4.21. The number of carbonyl (C=O) groups excluding carboxylic acids is 2. The first-order valence-electron chi connectivity index (χ1n) is 10.6. The predicted octanol–water partition coefficient (Wildman–Crippen LogP) is 1.51. The van der Waals surface area contributed by atoms with Crippen LogP contribution < -0.4 is 21.9 Å². The lowest BCUT2D eigenvalue weighted by molar-refractivity contribution is -0.117. The summed E-state index contributed by atoms with van der Waals surface area (Å²) in [4.78, 5) is 51.1. The van der Waals surface area contributed by atoms with Gasteiger partial charge in [-0.25, -0.2) is 13.9 Å². The van der Waals surface area contributed by atoms with Crippen LogP contribution in [0, 0.1) is 0 Å². The van der Waals surface area contributed by atoms with Gasteiger partial charge in [-0.15, -0.1) is 5.10 Å². The summed E-state index contributed by atoms with van der Waals surface area (Å²) >= 11 is 0. The number of aromatic nitrogens is 4. The van der Waals surface area contributed by atoms with Crippen molar-refractivity contribution >= 4 is 34.2 Å². The van der Waals surface area contributed by atoms with Crippen LogP contribution in [0.5, 0.6) is 0 Å². The molecule has 170 valence electrons. The first-order valence-corrected chi connectivity index (χ1v) is 10.6. The molecule has 0 saturated carbocycles. The highest BCUT2D eigenvalue weighted by Crippen LogP contribution is 2.14. The van der Waals surface area contributed by atoms with E-state index >= 15 is 0 Å². The van der Waals surface area contributed by atoms with Crippen molar-refractivity contribution in [3.05, 3.63) is 74.9 Å². The van der Waals surface area contributed by atoms with Crippen molar-refractivity contribution in [3.8, 4) is 0 Å². The fourth-order valence-electron chi connectivity index (χ4n) is 3.50. The smallest absolute Gasteiger partial charge is 0.350 e.